The average molecular weight is 238 g/mol. The van der Waals surface area contributed by atoms with E-state index in [0.29, 0.717) is 18.1 Å². The highest BCUT2D eigenvalue weighted by molar-refractivity contribution is 8.06. The Hall–Kier alpha value is -0.0700. The van der Waals surface area contributed by atoms with E-state index in [9.17, 15) is 13.2 Å². The maximum atomic E-state index is 11.1. The lowest BCUT2D eigenvalue weighted by atomic mass is 10.1. The molecule has 0 saturated carbocycles. The van der Waals surface area contributed by atoms with Gasteiger partial charge in [0.05, 0.1) is 5.25 Å². The molecule has 0 bridgehead atoms. The first kappa shape index (κ1) is 12.0. The molecule has 14 heavy (non-hydrogen) atoms. The van der Waals surface area contributed by atoms with Crippen molar-refractivity contribution < 1.29 is 17.8 Å². The lowest BCUT2D eigenvalue weighted by molar-refractivity contribution is -0.118. The van der Waals surface area contributed by atoms with Crippen LogP contribution in [0.5, 0.6) is 0 Å². The van der Waals surface area contributed by atoms with Crippen LogP contribution in [0.4, 0.5) is 0 Å². The third-order valence-electron chi connectivity index (χ3n) is 2.20. The Morgan fingerprint density at radius 2 is 2.21 bits per heavy atom. The van der Waals surface area contributed by atoms with Gasteiger partial charge in [0.15, 0.2) is 0 Å². The first-order valence-corrected chi connectivity index (χ1v) is 7.08. The molecule has 2 unspecified atom stereocenters. The molecular formula is C8H14O4S2. The van der Waals surface area contributed by atoms with Gasteiger partial charge in [0, 0.05) is 23.8 Å². The number of rotatable bonds is 6. The van der Waals surface area contributed by atoms with Crippen LogP contribution in [-0.2, 0) is 14.9 Å². The van der Waals surface area contributed by atoms with Gasteiger partial charge in [-0.05, 0) is 6.42 Å². The number of hydrogen-bond acceptors (Lipinski definition) is 4. The minimum Gasteiger partial charge on any atom is -0.300 e. The predicted octanol–water partition coefficient (Wildman–Crippen LogP) is 1.12. The summed E-state index contributed by atoms with van der Waals surface area (Å²) >= 11 is 1.66. The van der Waals surface area contributed by atoms with Gasteiger partial charge in [0.2, 0.25) is 0 Å². The summed E-state index contributed by atoms with van der Waals surface area (Å²) in [5.74, 6) is 0.824. The maximum absolute atomic E-state index is 11.1. The molecule has 2 atom stereocenters. The van der Waals surface area contributed by atoms with Crippen LogP contribution >= 0.6 is 11.8 Å². The second-order valence-corrected chi connectivity index (χ2v) is 6.45. The topological polar surface area (TPSA) is 71.4 Å². The second kappa shape index (κ2) is 4.63. The zero-order chi connectivity index (χ0) is 10.8. The predicted molar refractivity (Wildman–Crippen MR) is 56.1 cm³/mol. The van der Waals surface area contributed by atoms with E-state index in [1.165, 1.54) is 0 Å². The Balaban J connectivity index is 2.56. The van der Waals surface area contributed by atoms with E-state index in [0.717, 1.165) is 5.75 Å². The number of Topliss-reactive ketones (excluding diaryl/α,β-unsaturated/α-hetero) is 1. The molecule has 1 N–H and O–H groups in total. The molecule has 0 aromatic rings. The third kappa shape index (κ3) is 3.98. The summed E-state index contributed by atoms with van der Waals surface area (Å²) in [7, 11) is -4.06. The number of ketones is 1. The van der Waals surface area contributed by atoms with E-state index in [-0.39, 0.29) is 12.2 Å². The molecule has 0 aliphatic carbocycles. The first-order chi connectivity index (χ1) is 6.43. The number of carbonyl (C=O) groups excluding carboxylic acids is 1. The van der Waals surface area contributed by atoms with Crippen molar-refractivity contribution in [2.45, 2.75) is 36.7 Å². The van der Waals surface area contributed by atoms with Gasteiger partial charge >= 0.3 is 0 Å². The van der Waals surface area contributed by atoms with E-state index < -0.39 is 15.4 Å². The second-order valence-electron chi connectivity index (χ2n) is 3.42. The minimum absolute atomic E-state index is 0.0492. The van der Waals surface area contributed by atoms with Crippen molar-refractivity contribution in [1.29, 1.82) is 0 Å². The van der Waals surface area contributed by atoms with Crippen molar-refractivity contribution in [2.24, 2.45) is 0 Å². The van der Waals surface area contributed by atoms with Crippen molar-refractivity contribution in [3.05, 3.63) is 0 Å². The van der Waals surface area contributed by atoms with Crippen LogP contribution in [0.1, 0.15) is 26.2 Å². The molecule has 1 saturated heterocycles. The molecule has 1 aliphatic rings. The molecule has 0 amide bonds. The normalized spacial score (nSPS) is 23.1. The molecule has 0 aromatic heterocycles. The first-order valence-electron chi connectivity index (χ1n) is 4.53. The molecule has 1 aliphatic heterocycles. The minimum atomic E-state index is -4.06. The van der Waals surface area contributed by atoms with Crippen molar-refractivity contribution >= 4 is 27.7 Å². The highest BCUT2D eigenvalue weighted by Gasteiger charge is 2.33. The van der Waals surface area contributed by atoms with Crippen LogP contribution in [0.25, 0.3) is 0 Å². The van der Waals surface area contributed by atoms with E-state index in [4.69, 9.17) is 4.55 Å². The zero-order valence-corrected chi connectivity index (χ0v) is 9.60. The molecule has 1 fully saturated rings. The lowest BCUT2D eigenvalue weighted by Crippen LogP contribution is -2.25. The quantitative estimate of drug-likeness (QED) is 0.554. The lowest BCUT2D eigenvalue weighted by Gasteiger charge is -2.11. The summed E-state index contributed by atoms with van der Waals surface area (Å²) in [5.41, 5.74) is 0. The van der Waals surface area contributed by atoms with Crippen molar-refractivity contribution in [1.82, 2.24) is 0 Å². The van der Waals surface area contributed by atoms with Gasteiger partial charge in [-0.25, -0.2) is 0 Å². The monoisotopic (exact) mass is 238 g/mol. The van der Waals surface area contributed by atoms with E-state index in [1.54, 1.807) is 18.7 Å². The molecule has 0 aromatic carbocycles. The summed E-state index contributed by atoms with van der Waals surface area (Å²) in [6.07, 6.45) is 0.672. The van der Waals surface area contributed by atoms with Gasteiger partial charge in [-0.3, -0.25) is 9.35 Å². The molecule has 82 valence electrons. The van der Waals surface area contributed by atoms with Crippen molar-refractivity contribution in [3.63, 3.8) is 0 Å². The van der Waals surface area contributed by atoms with Gasteiger partial charge in [-0.2, -0.15) is 20.2 Å². The molecule has 6 heteroatoms. The van der Waals surface area contributed by atoms with Crippen LogP contribution in [-0.4, -0.2) is 35.0 Å². The Bertz CT molecular complexity index is 305. The summed E-state index contributed by atoms with van der Waals surface area (Å²) in [6.45, 7) is 1.69. The summed E-state index contributed by atoms with van der Waals surface area (Å²) < 4.78 is 30.8. The fourth-order valence-electron chi connectivity index (χ4n) is 1.21. The molecule has 0 radical (unpaired) electrons. The number of thioether (sulfide) groups is 1. The molecule has 4 nitrogen and oxygen atoms in total. The Morgan fingerprint density at radius 3 is 2.57 bits per heavy atom. The maximum Gasteiger partial charge on any atom is 0.268 e. The highest BCUT2D eigenvalue weighted by atomic mass is 32.2. The van der Waals surface area contributed by atoms with Gasteiger partial charge in [-0.1, -0.05) is 6.92 Å². The number of carbonyl (C=O) groups is 1. The number of hydrogen-bond donors (Lipinski definition) is 1. The van der Waals surface area contributed by atoms with E-state index in [1.807, 2.05) is 0 Å². The van der Waals surface area contributed by atoms with Crippen LogP contribution in [0.3, 0.4) is 0 Å². The molecule has 1 heterocycles. The summed E-state index contributed by atoms with van der Waals surface area (Å²) in [5, 5.41) is -0.582. The van der Waals surface area contributed by atoms with Gasteiger partial charge in [-0.15, -0.1) is 0 Å². The van der Waals surface area contributed by atoms with Crippen LogP contribution < -0.4 is 0 Å². The Labute approximate surface area is 88.2 Å². The smallest absolute Gasteiger partial charge is 0.268 e. The van der Waals surface area contributed by atoms with Gasteiger partial charge in [0.1, 0.15) is 5.78 Å². The molecular weight excluding hydrogens is 224 g/mol. The fraction of sp³-hybridized carbons (Fsp3) is 0.875. The van der Waals surface area contributed by atoms with Crippen molar-refractivity contribution in [2.75, 3.05) is 5.75 Å². The highest BCUT2D eigenvalue weighted by Crippen LogP contribution is 2.35. The zero-order valence-electron chi connectivity index (χ0n) is 7.97. The van der Waals surface area contributed by atoms with Gasteiger partial charge < -0.3 is 0 Å². The molecule has 1 rings (SSSR count). The Kier molecular flexibility index (Phi) is 3.97. The van der Waals surface area contributed by atoms with Crippen LogP contribution in [0, 0.1) is 0 Å². The standard InChI is InChI=1S/C8H14O4S2/c1-2-6(9)3-8(14(10,11)12)4-7-5-13-7/h7-8H,2-5H2,1H3,(H,10,11,12). The Morgan fingerprint density at radius 1 is 1.64 bits per heavy atom. The van der Waals surface area contributed by atoms with Crippen LogP contribution in [0.2, 0.25) is 0 Å². The van der Waals surface area contributed by atoms with Gasteiger partial charge in [0.25, 0.3) is 10.1 Å². The van der Waals surface area contributed by atoms with E-state index >= 15 is 0 Å². The van der Waals surface area contributed by atoms with Crippen molar-refractivity contribution in [3.8, 4) is 0 Å². The third-order valence-corrected chi connectivity index (χ3v) is 4.40. The summed E-state index contributed by atoms with van der Waals surface area (Å²) in [6, 6.07) is 0. The van der Waals surface area contributed by atoms with E-state index in [2.05, 4.69) is 0 Å². The SMILES string of the molecule is CCC(=O)CC(CC1CS1)S(=O)(=O)O. The largest absolute Gasteiger partial charge is 0.300 e. The average Bonchev–Trinajstić information content (AvgIpc) is 2.85. The fourth-order valence-corrected chi connectivity index (χ4v) is 2.84. The molecule has 0 spiro atoms. The summed E-state index contributed by atoms with van der Waals surface area (Å²) in [4.78, 5) is 11.1. The van der Waals surface area contributed by atoms with Crippen LogP contribution in [0.15, 0.2) is 0 Å².